The zero-order valence-corrected chi connectivity index (χ0v) is 10.3. The normalized spacial score (nSPS) is 10.8. The van der Waals surface area contributed by atoms with Gasteiger partial charge in [0.05, 0.1) is 0 Å². The number of nitrogens with one attached hydrogen (secondary N) is 2. The molecule has 4 nitrogen and oxygen atoms in total. The van der Waals surface area contributed by atoms with Crippen molar-refractivity contribution >= 4 is 5.91 Å². The molecule has 16 heavy (non-hydrogen) atoms. The van der Waals surface area contributed by atoms with Crippen molar-refractivity contribution < 1.29 is 4.79 Å². The Hall–Kier alpha value is -1.29. The first-order valence-corrected chi connectivity index (χ1v) is 5.70. The number of hydrogen-bond donors (Lipinski definition) is 2. The molecule has 0 aliphatic heterocycles. The van der Waals surface area contributed by atoms with Gasteiger partial charge in [-0.2, -0.15) is 0 Å². The van der Waals surface area contributed by atoms with E-state index in [1.54, 1.807) is 0 Å². The fourth-order valence-corrected chi connectivity index (χ4v) is 1.56. The minimum atomic E-state index is 0.110. The van der Waals surface area contributed by atoms with Gasteiger partial charge in [0.15, 0.2) is 0 Å². The van der Waals surface area contributed by atoms with E-state index in [0.717, 1.165) is 13.1 Å². The van der Waals surface area contributed by atoms with Crippen LogP contribution in [0.1, 0.15) is 25.8 Å². The Labute approximate surface area is 97.0 Å². The molecule has 0 bridgehead atoms. The molecule has 1 aromatic heterocycles. The number of amides is 1. The lowest BCUT2D eigenvalue weighted by atomic mass is 10.3. The van der Waals surface area contributed by atoms with E-state index < -0.39 is 0 Å². The average molecular weight is 223 g/mol. The average Bonchev–Trinajstić information content (AvgIpc) is 2.62. The van der Waals surface area contributed by atoms with Crippen LogP contribution in [-0.2, 0) is 17.9 Å². The summed E-state index contributed by atoms with van der Waals surface area (Å²) in [6.45, 7) is 5.55. The second-order valence-electron chi connectivity index (χ2n) is 4.26. The van der Waals surface area contributed by atoms with Crippen molar-refractivity contribution in [1.29, 1.82) is 0 Å². The Balaban J connectivity index is 2.33. The van der Waals surface area contributed by atoms with Crippen LogP contribution in [0, 0.1) is 0 Å². The maximum Gasteiger partial charge on any atom is 0.221 e. The third kappa shape index (κ3) is 4.49. The highest BCUT2D eigenvalue weighted by Gasteiger charge is 2.03. The monoisotopic (exact) mass is 223 g/mol. The quantitative estimate of drug-likeness (QED) is 0.759. The van der Waals surface area contributed by atoms with Crippen LogP contribution in [0.2, 0.25) is 0 Å². The van der Waals surface area contributed by atoms with E-state index in [2.05, 4.69) is 22.9 Å². The van der Waals surface area contributed by atoms with Gasteiger partial charge in [0.25, 0.3) is 0 Å². The number of rotatable bonds is 6. The summed E-state index contributed by atoms with van der Waals surface area (Å²) in [4.78, 5) is 11.4. The molecule has 0 atom stereocenters. The minimum Gasteiger partial charge on any atom is -0.354 e. The summed E-state index contributed by atoms with van der Waals surface area (Å²) in [5.74, 6) is 0.110. The highest BCUT2D eigenvalue weighted by atomic mass is 16.1. The predicted molar refractivity (Wildman–Crippen MR) is 65.1 cm³/mol. The van der Waals surface area contributed by atoms with Crippen LogP contribution in [-0.4, -0.2) is 23.6 Å². The van der Waals surface area contributed by atoms with Crippen molar-refractivity contribution in [2.75, 3.05) is 7.05 Å². The van der Waals surface area contributed by atoms with Gasteiger partial charge in [-0.05, 0) is 32.5 Å². The molecule has 0 unspecified atom stereocenters. The molecule has 1 heterocycles. The van der Waals surface area contributed by atoms with Crippen LogP contribution in [0.4, 0.5) is 0 Å². The maximum atomic E-state index is 11.4. The highest BCUT2D eigenvalue weighted by Crippen LogP contribution is 2.01. The van der Waals surface area contributed by atoms with Crippen LogP contribution >= 0.6 is 0 Å². The van der Waals surface area contributed by atoms with Gasteiger partial charge in [0, 0.05) is 37.9 Å². The Morgan fingerprint density at radius 1 is 1.50 bits per heavy atom. The van der Waals surface area contributed by atoms with Crippen molar-refractivity contribution in [3.05, 3.63) is 24.0 Å². The van der Waals surface area contributed by atoms with E-state index >= 15 is 0 Å². The second kappa shape index (κ2) is 6.33. The van der Waals surface area contributed by atoms with Crippen LogP contribution in [0.25, 0.3) is 0 Å². The summed E-state index contributed by atoms with van der Waals surface area (Å²) in [7, 11) is 1.92. The summed E-state index contributed by atoms with van der Waals surface area (Å²) < 4.78 is 2.05. The molecular formula is C12H21N3O. The molecule has 1 rings (SSSR count). The summed E-state index contributed by atoms with van der Waals surface area (Å²) >= 11 is 0. The van der Waals surface area contributed by atoms with Gasteiger partial charge in [-0.15, -0.1) is 0 Å². The molecule has 0 saturated heterocycles. The van der Waals surface area contributed by atoms with E-state index in [-0.39, 0.29) is 11.9 Å². The van der Waals surface area contributed by atoms with Crippen LogP contribution in [0.3, 0.4) is 0 Å². The van der Waals surface area contributed by atoms with Gasteiger partial charge in [-0.1, -0.05) is 0 Å². The molecule has 0 aromatic carbocycles. The van der Waals surface area contributed by atoms with Gasteiger partial charge < -0.3 is 15.2 Å². The lowest BCUT2D eigenvalue weighted by molar-refractivity contribution is -0.121. The molecule has 0 radical (unpaired) electrons. The number of aryl methyl sites for hydroxylation is 1. The first-order chi connectivity index (χ1) is 7.61. The van der Waals surface area contributed by atoms with Crippen molar-refractivity contribution in [1.82, 2.24) is 15.2 Å². The molecule has 90 valence electrons. The molecule has 0 aliphatic carbocycles. The molecule has 4 heteroatoms. The second-order valence-corrected chi connectivity index (χ2v) is 4.26. The number of carbonyl (C=O) groups excluding carboxylic acids is 1. The summed E-state index contributed by atoms with van der Waals surface area (Å²) in [5, 5.41) is 5.98. The van der Waals surface area contributed by atoms with E-state index in [9.17, 15) is 4.79 Å². The van der Waals surface area contributed by atoms with Crippen molar-refractivity contribution in [3.8, 4) is 0 Å². The number of carbonyl (C=O) groups is 1. The van der Waals surface area contributed by atoms with Crippen LogP contribution in [0.5, 0.6) is 0 Å². The van der Waals surface area contributed by atoms with E-state index in [4.69, 9.17) is 0 Å². The third-order valence-corrected chi connectivity index (χ3v) is 2.24. The SMILES string of the molecule is CNCc1ccn(CCC(=O)NC(C)C)c1. The van der Waals surface area contributed by atoms with E-state index in [1.807, 2.05) is 31.7 Å². The summed E-state index contributed by atoms with van der Waals surface area (Å²) in [6, 6.07) is 2.29. The Morgan fingerprint density at radius 2 is 2.25 bits per heavy atom. The number of aromatic nitrogens is 1. The molecule has 2 N–H and O–H groups in total. The van der Waals surface area contributed by atoms with Crippen LogP contribution < -0.4 is 10.6 Å². The van der Waals surface area contributed by atoms with Gasteiger partial charge >= 0.3 is 0 Å². The van der Waals surface area contributed by atoms with Crippen molar-refractivity contribution in [2.24, 2.45) is 0 Å². The minimum absolute atomic E-state index is 0.110. The third-order valence-electron chi connectivity index (χ3n) is 2.24. The topological polar surface area (TPSA) is 46.1 Å². The number of nitrogens with zero attached hydrogens (tertiary/aromatic N) is 1. The molecule has 1 amide bonds. The fraction of sp³-hybridized carbons (Fsp3) is 0.583. The Bertz CT molecular complexity index is 331. The Morgan fingerprint density at radius 3 is 2.88 bits per heavy atom. The Kier molecular flexibility index (Phi) is 5.05. The molecule has 0 saturated carbocycles. The summed E-state index contributed by atoms with van der Waals surface area (Å²) in [6.07, 6.45) is 4.61. The van der Waals surface area contributed by atoms with E-state index in [0.29, 0.717) is 6.42 Å². The lowest BCUT2D eigenvalue weighted by Gasteiger charge is -2.08. The molecule has 1 aromatic rings. The lowest BCUT2D eigenvalue weighted by Crippen LogP contribution is -2.30. The van der Waals surface area contributed by atoms with Gasteiger partial charge in [-0.25, -0.2) is 0 Å². The molecular weight excluding hydrogens is 202 g/mol. The van der Waals surface area contributed by atoms with Crippen molar-refractivity contribution in [2.45, 2.75) is 39.4 Å². The number of hydrogen-bond acceptors (Lipinski definition) is 2. The standard InChI is InChI=1S/C12H21N3O/c1-10(2)14-12(16)5-7-15-6-4-11(9-15)8-13-3/h4,6,9-10,13H,5,7-8H2,1-3H3,(H,14,16). The first-order valence-electron chi connectivity index (χ1n) is 5.70. The van der Waals surface area contributed by atoms with Gasteiger partial charge in [0.1, 0.15) is 0 Å². The molecule has 0 aliphatic rings. The van der Waals surface area contributed by atoms with Gasteiger partial charge in [0.2, 0.25) is 5.91 Å². The largest absolute Gasteiger partial charge is 0.354 e. The zero-order valence-electron chi connectivity index (χ0n) is 10.3. The first kappa shape index (κ1) is 12.8. The van der Waals surface area contributed by atoms with Crippen molar-refractivity contribution in [3.63, 3.8) is 0 Å². The smallest absolute Gasteiger partial charge is 0.221 e. The zero-order chi connectivity index (χ0) is 12.0. The summed E-state index contributed by atoms with van der Waals surface area (Å²) in [5.41, 5.74) is 1.24. The van der Waals surface area contributed by atoms with Gasteiger partial charge in [-0.3, -0.25) is 4.79 Å². The maximum absolute atomic E-state index is 11.4. The van der Waals surface area contributed by atoms with Crippen LogP contribution in [0.15, 0.2) is 18.5 Å². The fourth-order valence-electron chi connectivity index (χ4n) is 1.56. The molecule has 0 spiro atoms. The molecule has 0 fully saturated rings. The predicted octanol–water partition coefficient (Wildman–Crippen LogP) is 1.12. The van der Waals surface area contributed by atoms with E-state index in [1.165, 1.54) is 5.56 Å². The highest BCUT2D eigenvalue weighted by molar-refractivity contribution is 5.76.